The predicted octanol–water partition coefficient (Wildman–Crippen LogP) is 1.67. The lowest BCUT2D eigenvalue weighted by Crippen LogP contribution is -2.32. The molecule has 6 nitrogen and oxygen atoms in total. The summed E-state index contributed by atoms with van der Waals surface area (Å²) in [6.07, 6.45) is 0. The molecule has 0 atom stereocenters. The number of rotatable bonds is 8. The van der Waals surface area contributed by atoms with Crippen LogP contribution in [0.3, 0.4) is 0 Å². The summed E-state index contributed by atoms with van der Waals surface area (Å²) >= 11 is 0. The molecule has 126 valence electrons. The number of nitrogens with one attached hydrogen (secondary N) is 1. The second-order valence-electron chi connectivity index (χ2n) is 5.16. The standard InChI is InChI=1S/C18H20N2O4/c1-13-6-8-14(9-7-13)23-11-10-20-17(21)12-24-16-5-3-2-4-15(16)18(19)22/h2-9H,10-12H2,1H3,(H2,19,22)(H,20,21). The van der Waals surface area contributed by atoms with Crippen molar-refractivity contribution in [2.75, 3.05) is 19.8 Å². The van der Waals surface area contributed by atoms with Crippen LogP contribution in [0, 0.1) is 6.92 Å². The van der Waals surface area contributed by atoms with Gasteiger partial charge in [0.05, 0.1) is 12.1 Å². The van der Waals surface area contributed by atoms with Gasteiger partial charge < -0.3 is 20.5 Å². The number of hydrogen-bond acceptors (Lipinski definition) is 4. The number of carbonyl (C=O) groups excluding carboxylic acids is 2. The molecule has 0 bridgehead atoms. The van der Waals surface area contributed by atoms with Crippen LogP contribution in [0.1, 0.15) is 15.9 Å². The van der Waals surface area contributed by atoms with Crippen LogP contribution in [-0.4, -0.2) is 31.6 Å². The number of amides is 2. The molecule has 0 heterocycles. The fraction of sp³-hybridized carbons (Fsp3) is 0.222. The Labute approximate surface area is 140 Å². The summed E-state index contributed by atoms with van der Waals surface area (Å²) in [5.41, 5.74) is 6.65. The molecule has 0 fully saturated rings. The number of aryl methyl sites for hydroxylation is 1. The van der Waals surface area contributed by atoms with Crippen molar-refractivity contribution in [2.24, 2.45) is 5.73 Å². The highest BCUT2D eigenvalue weighted by atomic mass is 16.5. The van der Waals surface area contributed by atoms with E-state index in [2.05, 4.69) is 5.32 Å². The van der Waals surface area contributed by atoms with E-state index in [0.717, 1.165) is 11.3 Å². The summed E-state index contributed by atoms with van der Waals surface area (Å²) in [7, 11) is 0. The van der Waals surface area contributed by atoms with Gasteiger partial charge in [-0.2, -0.15) is 0 Å². The van der Waals surface area contributed by atoms with Crippen LogP contribution in [0.5, 0.6) is 11.5 Å². The molecule has 2 rings (SSSR count). The maximum Gasteiger partial charge on any atom is 0.258 e. The molecule has 2 amide bonds. The van der Waals surface area contributed by atoms with Crippen LogP contribution in [0.2, 0.25) is 0 Å². The summed E-state index contributed by atoms with van der Waals surface area (Å²) in [6.45, 7) is 2.51. The molecule has 0 saturated heterocycles. The third kappa shape index (κ3) is 5.31. The van der Waals surface area contributed by atoms with Gasteiger partial charge in [0.25, 0.3) is 11.8 Å². The molecule has 0 saturated carbocycles. The summed E-state index contributed by atoms with van der Waals surface area (Å²) in [4.78, 5) is 23.0. The van der Waals surface area contributed by atoms with Crippen molar-refractivity contribution in [2.45, 2.75) is 6.92 Å². The molecule has 6 heteroatoms. The minimum atomic E-state index is -0.600. The van der Waals surface area contributed by atoms with Gasteiger partial charge in [-0.1, -0.05) is 29.8 Å². The molecular formula is C18H20N2O4. The van der Waals surface area contributed by atoms with E-state index < -0.39 is 5.91 Å². The van der Waals surface area contributed by atoms with E-state index in [0.29, 0.717) is 13.2 Å². The second-order valence-corrected chi connectivity index (χ2v) is 5.16. The first kappa shape index (κ1) is 17.3. The Hall–Kier alpha value is -3.02. The maximum absolute atomic E-state index is 11.7. The monoisotopic (exact) mass is 328 g/mol. The first-order valence-electron chi connectivity index (χ1n) is 7.54. The fourth-order valence-electron chi connectivity index (χ4n) is 1.98. The van der Waals surface area contributed by atoms with Crippen molar-refractivity contribution in [1.29, 1.82) is 0 Å². The molecule has 0 spiro atoms. The highest BCUT2D eigenvalue weighted by Crippen LogP contribution is 2.16. The second kappa shape index (κ2) is 8.57. The van der Waals surface area contributed by atoms with E-state index in [9.17, 15) is 9.59 Å². The van der Waals surface area contributed by atoms with E-state index in [1.54, 1.807) is 24.3 Å². The van der Waals surface area contributed by atoms with Gasteiger partial charge >= 0.3 is 0 Å². The van der Waals surface area contributed by atoms with Gasteiger partial charge in [-0.15, -0.1) is 0 Å². The Morgan fingerprint density at radius 3 is 2.46 bits per heavy atom. The highest BCUT2D eigenvalue weighted by Gasteiger charge is 2.10. The zero-order chi connectivity index (χ0) is 17.4. The summed E-state index contributed by atoms with van der Waals surface area (Å²) in [5, 5.41) is 2.68. The summed E-state index contributed by atoms with van der Waals surface area (Å²) < 4.78 is 10.8. The highest BCUT2D eigenvalue weighted by molar-refractivity contribution is 5.95. The molecular weight excluding hydrogens is 308 g/mol. The third-order valence-corrected chi connectivity index (χ3v) is 3.23. The predicted molar refractivity (Wildman–Crippen MR) is 90.1 cm³/mol. The summed E-state index contributed by atoms with van der Waals surface area (Å²) in [5.74, 6) is 0.136. The van der Waals surface area contributed by atoms with Gasteiger partial charge in [-0.25, -0.2) is 0 Å². The number of primary amides is 1. The minimum absolute atomic E-state index is 0.200. The Balaban J connectivity index is 1.70. The van der Waals surface area contributed by atoms with Crippen molar-refractivity contribution in [3.8, 4) is 11.5 Å². The molecule has 0 unspecified atom stereocenters. The number of carbonyl (C=O) groups is 2. The van der Waals surface area contributed by atoms with Gasteiger partial charge in [0.1, 0.15) is 18.1 Å². The van der Waals surface area contributed by atoms with E-state index >= 15 is 0 Å². The Morgan fingerprint density at radius 1 is 1.04 bits per heavy atom. The number of ether oxygens (including phenoxy) is 2. The average Bonchev–Trinajstić information content (AvgIpc) is 2.58. The lowest BCUT2D eigenvalue weighted by molar-refractivity contribution is -0.123. The number of para-hydroxylation sites is 1. The van der Waals surface area contributed by atoms with Crippen molar-refractivity contribution >= 4 is 11.8 Å². The first-order valence-corrected chi connectivity index (χ1v) is 7.54. The molecule has 0 aliphatic rings. The van der Waals surface area contributed by atoms with Gasteiger partial charge in [-0.05, 0) is 31.2 Å². The van der Waals surface area contributed by atoms with E-state index in [1.807, 2.05) is 31.2 Å². The maximum atomic E-state index is 11.7. The fourth-order valence-corrected chi connectivity index (χ4v) is 1.98. The van der Waals surface area contributed by atoms with Crippen LogP contribution >= 0.6 is 0 Å². The van der Waals surface area contributed by atoms with Gasteiger partial charge in [0.15, 0.2) is 6.61 Å². The van der Waals surface area contributed by atoms with Crippen LogP contribution in [0.4, 0.5) is 0 Å². The van der Waals surface area contributed by atoms with E-state index in [1.165, 1.54) is 0 Å². The topological polar surface area (TPSA) is 90.7 Å². The lowest BCUT2D eigenvalue weighted by Gasteiger charge is -2.10. The van der Waals surface area contributed by atoms with E-state index in [-0.39, 0.29) is 23.8 Å². The van der Waals surface area contributed by atoms with Gasteiger partial charge in [0.2, 0.25) is 0 Å². The number of hydrogen-bond donors (Lipinski definition) is 2. The van der Waals surface area contributed by atoms with Gasteiger partial charge in [0, 0.05) is 0 Å². The van der Waals surface area contributed by atoms with Crippen LogP contribution in [0.15, 0.2) is 48.5 Å². The average molecular weight is 328 g/mol. The zero-order valence-corrected chi connectivity index (χ0v) is 13.5. The van der Waals surface area contributed by atoms with Crippen molar-refractivity contribution in [3.05, 3.63) is 59.7 Å². The number of benzene rings is 2. The number of nitrogens with two attached hydrogens (primary N) is 1. The van der Waals surface area contributed by atoms with Gasteiger partial charge in [-0.3, -0.25) is 9.59 Å². The van der Waals surface area contributed by atoms with Crippen molar-refractivity contribution < 1.29 is 19.1 Å². The van der Waals surface area contributed by atoms with Crippen LogP contribution in [-0.2, 0) is 4.79 Å². The third-order valence-electron chi connectivity index (χ3n) is 3.23. The minimum Gasteiger partial charge on any atom is -0.492 e. The molecule has 3 N–H and O–H groups in total. The largest absolute Gasteiger partial charge is 0.492 e. The molecule has 0 aliphatic carbocycles. The SMILES string of the molecule is Cc1ccc(OCCNC(=O)COc2ccccc2C(N)=O)cc1. The lowest BCUT2D eigenvalue weighted by atomic mass is 10.2. The Morgan fingerprint density at radius 2 is 1.75 bits per heavy atom. The molecule has 0 aliphatic heterocycles. The molecule has 2 aromatic carbocycles. The molecule has 24 heavy (non-hydrogen) atoms. The van der Waals surface area contributed by atoms with Crippen LogP contribution < -0.4 is 20.5 Å². The normalized spacial score (nSPS) is 10.0. The molecule has 0 radical (unpaired) electrons. The van der Waals surface area contributed by atoms with Crippen LogP contribution in [0.25, 0.3) is 0 Å². The smallest absolute Gasteiger partial charge is 0.258 e. The Bertz CT molecular complexity index is 698. The molecule has 2 aromatic rings. The van der Waals surface area contributed by atoms with Crippen molar-refractivity contribution in [3.63, 3.8) is 0 Å². The zero-order valence-electron chi connectivity index (χ0n) is 13.5. The molecule has 0 aromatic heterocycles. The van der Waals surface area contributed by atoms with Crippen molar-refractivity contribution in [1.82, 2.24) is 5.32 Å². The quantitative estimate of drug-likeness (QED) is 0.721. The van der Waals surface area contributed by atoms with E-state index in [4.69, 9.17) is 15.2 Å². The Kier molecular flexibility index (Phi) is 6.19. The summed E-state index contributed by atoms with van der Waals surface area (Å²) in [6, 6.07) is 14.2. The first-order chi connectivity index (χ1) is 11.6.